The number of aromatic nitrogens is 1. The standard InChI is InChI=1S/C28H30N4O8/c1-16-23-17(25(33)18(27(35)36)14-31(23)28(2,3)4)13-19(32(37)38)24(16)29-9-11-30(12-10-29)26(34)22-15-39-20-7-5-6-8-21(20)40-22/h5-8,13-14,22H,9-12,15H2,1-4H3,(H,35,36). The number of nitrogens with zero attached hydrogens (tertiary/aromatic N) is 4. The summed E-state index contributed by atoms with van der Waals surface area (Å²) in [6.07, 6.45) is 0.513. The highest BCUT2D eigenvalue weighted by molar-refractivity contribution is 5.97. The van der Waals surface area contributed by atoms with E-state index in [2.05, 4.69) is 0 Å². The van der Waals surface area contributed by atoms with Crippen LogP contribution in [0.3, 0.4) is 0 Å². The first-order chi connectivity index (χ1) is 18.9. The molecule has 1 saturated heterocycles. The number of nitro groups is 1. The lowest BCUT2D eigenvalue weighted by Crippen LogP contribution is -2.54. The SMILES string of the molecule is Cc1c(N2CCN(C(=O)C3COc4ccccc4O3)CC2)c([N+](=O)[O-])cc2c(=O)c(C(=O)O)cn(C(C)(C)C)c12. The topological polar surface area (TPSA) is 144 Å². The predicted octanol–water partition coefficient (Wildman–Crippen LogP) is 3.16. The van der Waals surface area contributed by atoms with Crippen LogP contribution in [-0.2, 0) is 10.3 Å². The van der Waals surface area contributed by atoms with Gasteiger partial charge in [-0.15, -0.1) is 0 Å². The first-order valence-corrected chi connectivity index (χ1v) is 12.9. The van der Waals surface area contributed by atoms with E-state index in [1.165, 1.54) is 12.3 Å². The summed E-state index contributed by atoms with van der Waals surface area (Å²) in [5.41, 5.74) is -0.858. The van der Waals surface area contributed by atoms with E-state index in [0.717, 1.165) is 0 Å². The number of para-hydroxylation sites is 2. The van der Waals surface area contributed by atoms with Gasteiger partial charge in [-0.1, -0.05) is 12.1 Å². The second-order valence-electron chi connectivity index (χ2n) is 10.9. The molecule has 1 N–H and O–H groups in total. The number of carboxylic acid groups (broad SMARTS) is 1. The molecule has 3 heterocycles. The minimum Gasteiger partial charge on any atom is -0.485 e. The number of hydrogen-bond donors (Lipinski definition) is 1. The Morgan fingerprint density at radius 2 is 1.75 bits per heavy atom. The molecule has 0 spiro atoms. The molecule has 3 aromatic rings. The quantitative estimate of drug-likeness (QED) is 0.382. The maximum Gasteiger partial charge on any atom is 0.341 e. The zero-order valence-electron chi connectivity index (χ0n) is 22.7. The van der Waals surface area contributed by atoms with Gasteiger partial charge in [0.25, 0.3) is 11.6 Å². The summed E-state index contributed by atoms with van der Waals surface area (Å²) in [6.45, 7) is 8.63. The number of pyridine rings is 1. The summed E-state index contributed by atoms with van der Waals surface area (Å²) >= 11 is 0. The third kappa shape index (κ3) is 4.59. The number of benzene rings is 2. The van der Waals surface area contributed by atoms with Gasteiger partial charge < -0.3 is 28.9 Å². The molecule has 0 saturated carbocycles. The Morgan fingerprint density at radius 1 is 1.10 bits per heavy atom. The molecule has 1 fully saturated rings. The molecule has 12 nitrogen and oxygen atoms in total. The van der Waals surface area contributed by atoms with Crippen LogP contribution in [0, 0.1) is 17.0 Å². The number of hydrogen-bond acceptors (Lipinski definition) is 8. The zero-order valence-corrected chi connectivity index (χ0v) is 22.7. The summed E-state index contributed by atoms with van der Waals surface area (Å²) in [6, 6.07) is 8.31. The second kappa shape index (κ2) is 9.85. The van der Waals surface area contributed by atoms with Crippen LogP contribution >= 0.6 is 0 Å². The van der Waals surface area contributed by atoms with Crippen molar-refractivity contribution < 1.29 is 29.1 Å². The van der Waals surface area contributed by atoms with Gasteiger partial charge in [-0.2, -0.15) is 0 Å². The smallest absolute Gasteiger partial charge is 0.341 e. The lowest BCUT2D eigenvalue weighted by molar-refractivity contribution is -0.384. The molecule has 210 valence electrons. The van der Waals surface area contributed by atoms with Crippen molar-refractivity contribution in [1.82, 2.24) is 9.47 Å². The maximum absolute atomic E-state index is 13.2. The molecule has 5 rings (SSSR count). The molecular weight excluding hydrogens is 520 g/mol. The van der Waals surface area contributed by atoms with E-state index < -0.39 is 33.5 Å². The number of amides is 1. The Kier molecular flexibility index (Phi) is 6.64. The monoisotopic (exact) mass is 550 g/mol. The Hall–Kier alpha value is -4.61. The van der Waals surface area contributed by atoms with Crippen molar-refractivity contribution in [2.75, 3.05) is 37.7 Å². The van der Waals surface area contributed by atoms with Crippen molar-refractivity contribution in [2.24, 2.45) is 0 Å². The molecule has 0 aliphatic carbocycles. The Balaban J connectivity index is 1.48. The van der Waals surface area contributed by atoms with Crippen LogP contribution in [0.4, 0.5) is 11.4 Å². The summed E-state index contributed by atoms with van der Waals surface area (Å²) in [5.74, 6) is -0.531. The minimum absolute atomic E-state index is 0.0219. The van der Waals surface area contributed by atoms with Gasteiger partial charge >= 0.3 is 5.97 Å². The van der Waals surface area contributed by atoms with Gasteiger partial charge in [0.1, 0.15) is 17.9 Å². The molecule has 2 aliphatic rings. The summed E-state index contributed by atoms with van der Waals surface area (Å²) in [5, 5.41) is 21.8. The fourth-order valence-corrected chi connectivity index (χ4v) is 5.38. The minimum atomic E-state index is -1.40. The summed E-state index contributed by atoms with van der Waals surface area (Å²) in [4.78, 5) is 53.3. The highest BCUT2D eigenvalue weighted by Crippen LogP contribution is 2.39. The Bertz CT molecular complexity index is 1600. The van der Waals surface area contributed by atoms with Crippen LogP contribution < -0.4 is 19.8 Å². The van der Waals surface area contributed by atoms with Gasteiger partial charge in [-0.25, -0.2) is 4.79 Å². The lowest BCUT2D eigenvalue weighted by atomic mass is 9.99. The lowest BCUT2D eigenvalue weighted by Gasteiger charge is -2.38. The van der Waals surface area contributed by atoms with Gasteiger partial charge in [0.2, 0.25) is 11.5 Å². The fraction of sp³-hybridized carbons (Fsp3) is 0.393. The van der Waals surface area contributed by atoms with Gasteiger partial charge in [-0.3, -0.25) is 19.7 Å². The zero-order chi connectivity index (χ0) is 28.9. The number of carbonyl (C=O) groups is 2. The number of ether oxygens (including phenoxy) is 2. The molecular formula is C28H30N4O8. The number of piperazine rings is 1. The largest absolute Gasteiger partial charge is 0.485 e. The van der Waals surface area contributed by atoms with Crippen molar-refractivity contribution >= 4 is 34.2 Å². The van der Waals surface area contributed by atoms with Crippen molar-refractivity contribution in [2.45, 2.75) is 39.3 Å². The predicted molar refractivity (Wildman–Crippen MR) is 147 cm³/mol. The van der Waals surface area contributed by atoms with Crippen LogP contribution in [0.2, 0.25) is 0 Å². The third-order valence-electron chi connectivity index (χ3n) is 7.32. The van der Waals surface area contributed by atoms with Gasteiger partial charge in [0.15, 0.2) is 11.5 Å². The molecule has 40 heavy (non-hydrogen) atoms. The first kappa shape index (κ1) is 27.0. The van der Waals surface area contributed by atoms with E-state index in [1.54, 1.807) is 34.6 Å². The summed E-state index contributed by atoms with van der Waals surface area (Å²) < 4.78 is 13.2. The molecule has 1 unspecified atom stereocenters. The number of carbonyl (C=O) groups excluding carboxylic acids is 1. The van der Waals surface area contributed by atoms with Gasteiger partial charge in [0.05, 0.1) is 15.8 Å². The van der Waals surface area contributed by atoms with E-state index in [0.29, 0.717) is 54.4 Å². The normalized spacial score (nSPS) is 17.1. The fourth-order valence-electron chi connectivity index (χ4n) is 5.38. The molecule has 0 radical (unpaired) electrons. The Morgan fingerprint density at radius 3 is 2.35 bits per heavy atom. The average molecular weight is 551 g/mol. The van der Waals surface area contributed by atoms with Crippen LogP contribution in [0.25, 0.3) is 10.9 Å². The van der Waals surface area contributed by atoms with Gasteiger partial charge in [0, 0.05) is 49.5 Å². The van der Waals surface area contributed by atoms with E-state index in [4.69, 9.17) is 9.47 Å². The molecule has 1 atom stereocenters. The van der Waals surface area contributed by atoms with Crippen LogP contribution in [0.5, 0.6) is 11.5 Å². The van der Waals surface area contributed by atoms with Crippen LogP contribution in [0.15, 0.2) is 41.3 Å². The number of anilines is 1. The van der Waals surface area contributed by atoms with Crippen LogP contribution in [-0.4, -0.2) is 70.3 Å². The number of fused-ring (bicyclic) bond motifs is 2. The highest BCUT2D eigenvalue weighted by atomic mass is 16.6. The number of aryl methyl sites for hydroxylation is 1. The van der Waals surface area contributed by atoms with Crippen molar-refractivity contribution in [1.29, 1.82) is 0 Å². The van der Waals surface area contributed by atoms with Crippen molar-refractivity contribution in [3.05, 3.63) is 68.0 Å². The number of carboxylic acids is 1. The maximum atomic E-state index is 13.2. The molecule has 2 aromatic carbocycles. The number of rotatable bonds is 4. The second-order valence-corrected chi connectivity index (χ2v) is 10.9. The first-order valence-electron chi connectivity index (χ1n) is 12.9. The third-order valence-corrected chi connectivity index (χ3v) is 7.32. The molecule has 0 bridgehead atoms. The van der Waals surface area contributed by atoms with Crippen molar-refractivity contribution in [3.63, 3.8) is 0 Å². The van der Waals surface area contributed by atoms with Gasteiger partial charge in [-0.05, 0) is 39.8 Å². The molecule has 2 aliphatic heterocycles. The Labute approximate surface area is 229 Å². The summed E-state index contributed by atoms with van der Waals surface area (Å²) in [7, 11) is 0. The highest BCUT2D eigenvalue weighted by Gasteiger charge is 2.35. The molecule has 12 heteroatoms. The van der Waals surface area contributed by atoms with Crippen LogP contribution in [0.1, 0.15) is 36.7 Å². The molecule has 1 aromatic heterocycles. The van der Waals surface area contributed by atoms with Crippen molar-refractivity contribution in [3.8, 4) is 11.5 Å². The number of aromatic carboxylic acids is 1. The number of nitro benzene ring substituents is 1. The molecule has 1 amide bonds. The van der Waals surface area contributed by atoms with E-state index in [-0.39, 0.29) is 23.6 Å². The van der Waals surface area contributed by atoms with E-state index >= 15 is 0 Å². The van der Waals surface area contributed by atoms with E-state index in [9.17, 15) is 29.6 Å². The van der Waals surface area contributed by atoms with E-state index in [1.807, 2.05) is 31.7 Å². The average Bonchev–Trinajstić information content (AvgIpc) is 2.91.